The summed E-state index contributed by atoms with van der Waals surface area (Å²) in [5.74, 6) is 0.299. The molecule has 1 aliphatic heterocycles. The van der Waals surface area contributed by atoms with Gasteiger partial charge < -0.3 is 9.80 Å². The van der Waals surface area contributed by atoms with E-state index in [9.17, 15) is 9.59 Å². The van der Waals surface area contributed by atoms with Crippen LogP contribution >= 0.6 is 0 Å². The summed E-state index contributed by atoms with van der Waals surface area (Å²) in [5.41, 5.74) is 0.705. The Morgan fingerprint density at radius 3 is 2.88 bits per heavy atom. The lowest BCUT2D eigenvalue weighted by Crippen LogP contribution is -2.56. The summed E-state index contributed by atoms with van der Waals surface area (Å²) in [7, 11) is 1.88. The largest absolute Gasteiger partial charge is 0.340 e. The molecule has 0 N–H and O–H groups in total. The second kappa shape index (κ2) is 6.57. The quantitative estimate of drug-likeness (QED) is 0.830. The van der Waals surface area contributed by atoms with Gasteiger partial charge in [0.25, 0.3) is 5.91 Å². The number of aryl methyl sites for hydroxylation is 1. The fourth-order valence-electron chi connectivity index (χ4n) is 4.74. The Hall–Kier alpha value is -1.85. The van der Waals surface area contributed by atoms with Gasteiger partial charge in [0.05, 0.1) is 0 Å². The van der Waals surface area contributed by atoms with Gasteiger partial charge in [-0.3, -0.25) is 14.3 Å². The van der Waals surface area contributed by atoms with Crippen LogP contribution in [0.3, 0.4) is 0 Å². The van der Waals surface area contributed by atoms with Crippen LogP contribution in [0.5, 0.6) is 0 Å². The van der Waals surface area contributed by atoms with Crippen LogP contribution in [0.15, 0.2) is 12.3 Å². The van der Waals surface area contributed by atoms with E-state index in [4.69, 9.17) is 0 Å². The maximum absolute atomic E-state index is 12.8. The monoisotopic (exact) mass is 332 g/mol. The van der Waals surface area contributed by atoms with Crippen LogP contribution in [-0.4, -0.2) is 57.6 Å². The first-order valence-corrected chi connectivity index (χ1v) is 9.09. The first kappa shape index (κ1) is 17.0. The van der Waals surface area contributed by atoms with E-state index < -0.39 is 0 Å². The van der Waals surface area contributed by atoms with Crippen LogP contribution in [0, 0.1) is 5.41 Å². The molecule has 0 spiro atoms. The van der Waals surface area contributed by atoms with Crippen molar-refractivity contribution in [3.8, 4) is 0 Å². The standard InChI is InChI=1S/C18H28N4O2/c1-4-21-15-7-6-10-18(15,11-8-16(21)23)13-20(3)17(24)14-9-12-19-22(14)5-2/h9,12,15H,4-8,10-11,13H2,1-3H3. The van der Waals surface area contributed by atoms with E-state index in [0.29, 0.717) is 18.7 Å². The number of nitrogens with zero attached hydrogens (tertiary/aromatic N) is 4. The van der Waals surface area contributed by atoms with Crippen LogP contribution in [0.1, 0.15) is 56.4 Å². The summed E-state index contributed by atoms with van der Waals surface area (Å²) in [4.78, 5) is 29.0. The zero-order valence-corrected chi connectivity index (χ0v) is 15.0. The highest BCUT2D eigenvalue weighted by Gasteiger charge is 2.50. The van der Waals surface area contributed by atoms with Gasteiger partial charge in [0, 0.05) is 50.8 Å². The van der Waals surface area contributed by atoms with Crippen molar-refractivity contribution in [2.45, 2.75) is 58.5 Å². The smallest absolute Gasteiger partial charge is 0.271 e. The molecule has 0 aromatic carbocycles. The summed E-state index contributed by atoms with van der Waals surface area (Å²) in [6.45, 7) is 6.22. The molecule has 2 unspecified atom stereocenters. The van der Waals surface area contributed by atoms with Gasteiger partial charge in [-0.05, 0) is 39.2 Å². The van der Waals surface area contributed by atoms with E-state index in [1.807, 2.05) is 23.8 Å². The predicted molar refractivity (Wildman–Crippen MR) is 91.6 cm³/mol. The number of amides is 2. The molecule has 6 heteroatoms. The summed E-state index contributed by atoms with van der Waals surface area (Å²) in [5, 5.41) is 4.20. The van der Waals surface area contributed by atoms with E-state index >= 15 is 0 Å². The topological polar surface area (TPSA) is 58.4 Å². The van der Waals surface area contributed by atoms with Crippen molar-refractivity contribution >= 4 is 11.8 Å². The second-order valence-corrected chi connectivity index (χ2v) is 7.14. The molecule has 1 aromatic heterocycles. The average Bonchev–Trinajstić information content (AvgIpc) is 3.21. The lowest BCUT2D eigenvalue weighted by atomic mass is 9.74. The van der Waals surface area contributed by atoms with E-state index in [1.54, 1.807) is 16.9 Å². The molecule has 6 nitrogen and oxygen atoms in total. The Labute approximate surface area is 143 Å². The number of carbonyl (C=O) groups excluding carboxylic acids is 2. The zero-order chi connectivity index (χ0) is 17.3. The third-order valence-corrected chi connectivity index (χ3v) is 5.87. The van der Waals surface area contributed by atoms with Crippen molar-refractivity contribution in [2.75, 3.05) is 20.1 Å². The van der Waals surface area contributed by atoms with Crippen molar-refractivity contribution in [2.24, 2.45) is 5.41 Å². The first-order chi connectivity index (χ1) is 11.5. The van der Waals surface area contributed by atoms with Gasteiger partial charge in [-0.2, -0.15) is 5.10 Å². The van der Waals surface area contributed by atoms with E-state index in [2.05, 4.69) is 12.0 Å². The molecule has 132 valence electrons. The maximum atomic E-state index is 12.8. The number of hydrogen-bond donors (Lipinski definition) is 0. The summed E-state index contributed by atoms with van der Waals surface area (Å²) >= 11 is 0. The Morgan fingerprint density at radius 2 is 2.17 bits per heavy atom. The van der Waals surface area contributed by atoms with Crippen LogP contribution in [0.4, 0.5) is 0 Å². The van der Waals surface area contributed by atoms with Crippen molar-refractivity contribution in [3.05, 3.63) is 18.0 Å². The predicted octanol–water partition coefficient (Wildman–Crippen LogP) is 2.16. The number of hydrogen-bond acceptors (Lipinski definition) is 3. The van der Waals surface area contributed by atoms with Crippen LogP contribution in [0.2, 0.25) is 0 Å². The van der Waals surface area contributed by atoms with Gasteiger partial charge in [-0.25, -0.2) is 0 Å². The summed E-state index contributed by atoms with van der Waals surface area (Å²) in [6.07, 6.45) is 6.50. The van der Waals surface area contributed by atoms with Crippen LogP contribution in [0.25, 0.3) is 0 Å². The molecular formula is C18H28N4O2. The number of aromatic nitrogens is 2. The Kier molecular flexibility index (Phi) is 4.65. The Balaban J connectivity index is 1.78. The molecule has 1 saturated heterocycles. The Bertz CT molecular complexity index is 626. The molecule has 24 heavy (non-hydrogen) atoms. The SMILES string of the molecule is CCN1C(=O)CCC2(CN(C)C(=O)c3ccnn3CC)CCCC12. The van der Waals surface area contributed by atoms with Gasteiger partial charge >= 0.3 is 0 Å². The van der Waals surface area contributed by atoms with Crippen molar-refractivity contribution in [1.29, 1.82) is 0 Å². The second-order valence-electron chi connectivity index (χ2n) is 7.14. The molecule has 2 heterocycles. The highest BCUT2D eigenvalue weighted by molar-refractivity contribution is 5.92. The third-order valence-electron chi connectivity index (χ3n) is 5.87. The molecular weight excluding hydrogens is 304 g/mol. The van der Waals surface area contributed by atoms with Gasteiger partial charge in [-0.1, -0.05) is 6.42 Å². The lowest BCUT2D eigenvalue weighted by Gasteiger charge is -2.47. The first-order valence-electron chi connectivity index (χ1n) is 9.09. The average molecular weight is 332 g/mol. The zero-order valence-electron chi connectivity index (χ0n) is 15.0. The minimum absolute atomic E-state index is 0.0225. The molecule has 2 fully saturated rings. The number of rotatable bonds is 5. The minimum atomic E-state index is 0.0225. The fraction of sp³-hybridized carbons (Fsp3) is 0.722. The number of likely N-dealkylation sites (tertiary alicyclic amines) is 1. The Morgan fingerprint density at radius 1 is 1.38 bits per heavy atom. The maximum Gasteiger partial charge on any atom is 0.271 e. The van der Waals surface area contributed by atoms with Crippen molar-refractivity contribution in [1.82, 2.24) is 19.6 Å². The third kappa shape index (κ3) is 2.72. The molecule has 3 rings (SSSR count). The highest BCUT2D eigenvalue weighted by Crippen LogP contribution is 2.48. The molecule has 2 atom stereocenters. The molecule has 0 bridgehead atoms. The van der Waals surface area contributed by atoms with Crippen LogP contribution in [-0.2, 0) is 11.3 Å². The summed E-state index contributed by atoms with van der Waals surface area (Å²) < 4.78 is 1.74. The molecule has 1 saturated carbocycles. The molecule has 2 amide bonds. The number of piperidine rings is 1. The van der Waals surface area contributed by atoms with E-state index in [0.717, 1.165) is 38.8 Å². The van der Waals surface area contributed by atoms with Gasteiger partial charge in [0.2, 0.25) is 5.91 Å². The summed E-state index contributed by atoms with van der Waals surface area (Å²) in [6, 6.07) is 2.07. The van der Waals surface area contributed by atoms with Crippen molar-refractivity contribution < 1.29 is 9.59 Å². The van der Waals surface area contributed by atoms with Gasteiger partial charge in [0.15, 0.2) is 0 Å². The van der Waals surface area contributed by atoms with Crippen LogP contribution < -0.4 is 0 Å². The van der Waals surface area contributed by atoms with Gasteiger partial charge in [-0.15, -0.1) is 0 Å². The lowest BCUT2D eigenvalue weighted by molar-refractivity contribution is -0.141. The highest BCUT2D eigenvalue weighted by atomic mass is 16.2. The number of fused-ring (bicyclic) bond motifs is 1. The van der Waals surface area contributed by atoms with E-state index in [-0.39, 0.29) is 23.3 Å². The fourth-order valence-corrected chi connectivity index (χ4v) is 4.74. The minimum Gasteiger partial charge on any atom is -0.340 e. The molecule has 1 aromatic rings. The van der Waals surface area contributed by atoms with E-state index in [1.165, 1.54) is 0 Å². The normalized spacial score (nSPS) is 26.5. The number of carbonyl (C=O) groups is 2. The molecule has 1 aliphatic carbocycles. The van der Waals surface area contributed by atoms with Gasteiger partial charge in [0.1, 0.15) is 5.69 Å². The molecule has 0 radical (unpaired) electrons. The van der Waals surface area contributed by atoms with Crippen molar-refractivity contribution in [3.63, 3.8) is 0 Å². The molecule has 2 aliphatic rings.